The number of hydrogen-bond acceptors (Lipinski definition) is 5. The van der Waals surface area contributed by atoms with Crippen LogP contribution in [-0.4, -0.2) is 45.0 Å². The zero-order chi connectivity index (χ0) is 17.1. The van der Waals surface area contributed by atoms with Gasteiger partial charge in [0.2, 0.25) is 0 Å². The fourth-order valence-corrected chi connectivity index (χ4v) is 4.38. The second-order valence-electron chi connectivity index (χ2n) is 7.83. The number of aliphatic hydroxyl groups is 2. The molecular weight excluding hydrogens is 302 g/mol. The maximum Gasteiger partial charge on any atom is 0.131 e. The quantitative estimate of drug-likeness (QED) is 0.742. The normalized spacial score (nSPS) is 31.2. The minimum absolute atomic E-state index is 0.0385. The largest absolute Gasteiger partial charge is 0.396 e. The van der Waals surface area contributed by atoms with Gasteiger partial charge in [-0.15, -0.1) is 0 Å². The molecule has 3 rings (SSSR count). The van der Waals surface area contributed by atoms with Gasteiger partial charge in [0.05, 0.1) is 6.10 Å². The lowest BCUT2D eigenvalue weighted by Gasteiger charge is -2.27. The van der Waals surface area contributed by atoms with Crippen LogP contribution in [0.1, 0.15) is 63.4 Å². The van der Waals surface area contributed by atoms with Gasteiger partial charge < -0.3 is 15.5 Å². The first-order chi connectivity index (χ1) is 11.6. The summed E-state index contributed by atoms with van der Waals surface area (Å²) >= 11 is 0. The minimum Gasteiger partial charge on any atom is -0.396 e. The Balaban J connectivity index is 1.74. The third-order valence-corrected chi connectivity index (χ3v) is 5.77. The predicted molar refractivity (Wildman–Crippen MR) is 93.7 cm³/mol. The topological polar surface area (TPSA) is 78.3 Å². The number of aromatic nitrogens is 2. The summed E-state index contributed by atoms with van der Waals surface area (Å²) in [4.78, 5) is 9.04. The van der Waals surface area contributed by atoms with Gasteiger partial charge in [0.25, 0.3) is 0 Å². The highest BCUT2D eigenvalue weighted by Crippen LogP contribution is 2.36. The summed E-state index contributed by atoms with van der Waals surface area (Å²) in [5.41, 5.74) is 1.02. The van der Waals surface area contributed by atoms with Crippen molar-refractivity contribution in [1.82, 2.24) is 15.3 Å². The van der Waals surface area contributed by atoms with Crippen molar-refractivity contribution in [2.45, 2.75) is 76.5 Å². The van der Waals surface area contributed by atoms with Crippen molar-refractivity contribution in [3.05, 3.63) is 23.8 Å². The second kappa shape index (κ2) is 7.89. The first kappa shape index (κ1) is 17.8. The summed E-state index contributed by atoms with van der Waals surface area (Å²) in [5, 5.41) is 23.9. The Kier molecular flexibility index (Phi) is 5.85. The number of nitrogens with zero attached hydrogens (tertiary/aromatic N) is 2. The number of hydrogen-bond donors (Lipinski definition) is 3. The first-order valence-electron chi connectivity index (χ1n) is 9.45. The molecule has 134 valence electrons. The Hall–Kier alpha value is -1.04. The zero-order valence-corrected chi connectivity index (χ0v) is 14.9. The van der Waals surface area contributed by atoms with Crippen LogP contribution in [0.3, 0.4) is 0 Å². The smallest absolute Gasteiger partial charge is 0.131 e. The average molecular weight is 333 g/mol. The molecule has 2 saturated carbocycles. The molecule has 3 N–H and O–H groups in total. The van der Waals surface area contributed by atoms with Crippen molar-refractivity contribution < 1.29 is 10.2 Å². The average Bonchev–Trinajstić information content (AvgIpc) is 3.16. The number of aliphatic hydroxyl groups excluding tert-OH is 2. The lowest BCUT2D eigenvalue weighted by Crippen LogP contribution is -2.41. The van der Waals surface area contributed by atoms with E-state index in [2.05, 4.69) is 24.1 Å². The Labute approximate surface area is 144 Å². The van der Waals surface area contributed by atoms with Crippen LogP contribution in [0.2, 0.25) is 0 Å². The highest BCUT2D eigenvalue weighted by Gasteiger charge is 2.43. The van der Waals surface area contributed by atoms with Gasteiger partial charge in [-0.2, -0.15) is 0 Å². The molecule has 0 saturated heterocycles. The van der Waals surface area contributed by atoms with E-state index in [1.165, 1.54) is 25.7 Å². The molecule has 0 aliphatic heterocycles. The highest BCUT2D eigenvalue weighted by atomic mass is 16.3. The van der Waals surface area contributed by atoms with Crippen LogP contribution in [0.25, 0.3) is 0 Å². The molecule has 0 bridgehead atoms. The molecule has 1 aromatic rings. The molecule has 4 atom stereocenters. The van der Waals surface area contributed by atoms with E-state index in [4.69, 9.17) is 4.98 Å². The van der Waals surface area contributed by atoms with Crippen LogP contribution in [0.15, 0.2) is 12.3 Å². The van der Waals surface area contributed by atoms with E-state index >= 15 is 0 Å². The Morgan fingerprint density at radius 3 is 2.67 bits per heavy atom. The molecule has 1 aromatic heterocycles. The van der Waals surface area contributed by atoms with Crippen molar-refractivity contribution in [3.8, 4) is 0 Å². The molecule has 0 amide bonds. The maximum absolute atomic E-state index is 10.4. The zero-order valence-electron chi connectivity index (χ0n) is 14.9. The summed E-state index contributed by atoms with van der Waals surface area (Å²) in [6.45, 7) is 4.23. The van der Waals surface area contributed by atoms with Gasteiger partial charge >= 0.3 is 0 Å². The molecule has 5 heteroatoms. The fourth-order valence-electron chi connectivity index (χ4n) is 4.38. The molecule has 2 fully saturated rings. The van der Waals surface area contributed by atoms with Crippen LogP contribution >= 0.6 is 0 Å². The summed E-state index contributed by atoms with van der Waals surface area (Å²) in [6, 6.07) is 2.80. The van der Waals surface area contributed by atoms with Gasteiger partial charge in [-0.3, -0.25) is 0 Å². The van der Waals surface area contributed by atoms with E-state index in [-0.39, 0.29) is 24.5 Å². The van der Waals surface area contributed by atoms with Gasteiger partial charge in [0, 0.05) is 42.4 Å². The van der Waals surface area contributed by atoms with E-state index < -0.39 is 6.10 Å². The minimum atomic E-state index is -0.426. The Morgan fingerprint density at radius 2 is 2.00 bits per heavy atom. The van der Waals surface area contributed by atoms with Crippen molar-refractivity contribution in [3.63, 3.8) is 0 Å². The molecule has 24 heavy (non-hydrogen) atoms. The molecule has 4 unspecified atom stereocenters. The monoisotopic (exact) mass is 333 g/mol. The van der Waals surface area contributed by atoms with Crippen molar-refractivity contribution in [2.75, 3.05) is 6.61 Å². The molecule has 0 aromatic carbocycles. The summed E-state index contributed by atoms with van der Waals surface area (Å²) < 4.78 is 0. The van der Waals surface area contributed by atoms with E-state index in [1.807, 2.05) is 12.3 Å². The van der Waals surface area contributed by atoms with Crippen LogP contribution in [-0.2, 0) is 6.42 Å². The van der Waals surface area contributed by atoms with E-state index in [9.17, 15) is 10.2 Å². The SMILES string of the molecule is CC(C)c1nccc(CC2C(NC3CCCC3)CC(O)C2CO)n1. The maximum atomic E-state index is 10.4. The number of nitrogens with one attached hydrogen (secondary N) is 1. The van der Waals surface area contributed by atoms with Crippen LogP contribution in [0.5, 0.6) is 0 Å². The number of rotatable bonds is 6. The molecular formula is C19H31N3O2. The van der Waals surface area contributed by atoms with Gasteiger partial charge in [-0.1, -0.05) is 26.7 Å². The van der Waals surface area contributed by atoms with Crippen LogP contribution in [0.4, 0.5) is 0 Å². The molecule has 0 radical (unpaired) electrons. The highest BCUT2D eigenvalue weighted by molar-refractivity contribution is 5.09. The van der Waals surface area contributed by atoms with Gasteiger partial charge in [0.1, 0.15) is 5.82 Å². The van der Waals surface area contributed by atoms with E-state index in [1.54, 1.807) is 0 Å². The van der Waals surface area contributed by atoms with Gasteiger partial charge in [0.15, 0.2) is 0 Å². The standard InChI is InChI=1S/C19H31N3O2/c1-12(2)19-20-8-7-14(22-19)9-15-16(11-23)18(24)10-17(15)21-13-5-3-4-6-13/h7-8,12-13,15-18,21,23-24H,3-6,9-11H2,1-2H3. The van der Waals surface area contributed by atoms with Crippen LogP contribution in [0, 0.1) is 11.8 Å². The van der Waals surface area contributed by atoms with Crippen LogP contribution < -0.4 is 5.32 Å². The Morgan fingerprint density at radius 1 is 1.25 bits per heavy atom. The fraction of sp³-hybridized carbons (Fsp3) is 0.789. The van der Waals surface area contributed by atoms with Crippen molar-refractivity contribution >= 4 is 0 Å². The lowest BCUT2D eigenvalue weighted by atomic mass is 9.88. The van der Waals surface area contributed by atoms with Crippen molar-refractivity contribution in [1.29, 1.82) is 0 Å². The first-order valence-corrected chi connectivity index (χ1v) is 9.45. The molecule has 5 nitrogen and oxygen atoms in total. The van der Waals surface area contributed by atoms with Gasteiger partial charge in [-0.25, -0.2) is 9.97 Å². The van der Waals surface area contributed by atoms with E-state index in [0.29, 0.717) is 12.0 Å². The van der Waals surface area contributed by atoms with Gasteiger partial charge in [-0.05, 0) is 37.7 Å². The predicted octanol–water partition coefficient (Wildman–Crippen LogP) is 2.03. The Bertz CT molecular complexity index is 531. The third-order valence-electron chi connectivity index (χ3n) is 5.77. The lowest BCUT2D eigenvalue weighted by molar-refractivity contribution is 0.0715. The molecule has 1 heterocycles. The summed E-state index contributed by atoms with van der Waals surface area (Å²) in [5.74, 6) is 1.33. The second-order valence-corrected chi connectivity index (χ2v) is 7.83. The molecule has 0 spiro atoms. The third kappa shape index (κ3) is 3.95. The molecule has 2 aliphatic rings. The molecule has 2 aliphatic carbocycles. The van der Waals surface area contributed by atoms with E-state index in [0.717, 1.165) is 24.4 Å². The summed E-state index contributed by atoms with van der Waals surface area (Å²) in [6.07, 6.45) is 7.97. The summed E-state index contributed by atoms with van der Waals surface area (Å²) in [7, 11) is 0. The van der Waals surface area contributed by atoms with Crippen molar-refractivity contribution in [2.24, 2.45) is 11.8 Å².